The maximum absolute atomic E-state index is 13.1. The summed E-state index contributed by atoms with van der Waals surface area (Å²) in [6, 6.07) is 10.2. The van der Waals surface area contributed by atoms with E-state index >= 15 is 0 Å². The summed E-state index contributed by atoms with van der Waals surface area (Å²) in [4.78, 5) is 26.8. The minimum Gasteiger partial charge on any atom is -0.342 e. The molecule has 0 aliphatic carbocycles. The van der Waals surface area contributed by atoms with Crippen LogP contribution >= 0.6 is 0 Å². The number of rotatable bonds is 5. The van der Waals surface area contributed by atoms with Crippen LogP contribution in [-0.2, 0) is 18.3 Å². The topological polar surface area (TPSA) is 67.2 Å². The molecule has 2 aliphatic heterocycles. The number of carbonyl (C=O) groups excluding carboxylic acids is 1. The van der Waals surface area contributed by atoms with Crippen molar-refractivity contribution >= 4 is 11.9 Å². The number of nitrogens with zero attached hydrogens (tertiary/aromatic N) is 6. The van der Waals surface area contributed by atoms with E-state index in [2.05, 4.69) is 35.1 Å². The molecule has 3 aromatic rings. The molecule has 2 aliphatic rings. The van der Waals surface area contributed by atoms with Crippen LogP contribution in [-0.4, -0.2) is 56.7 Å². The second-order valence-electron chi connectivity index (χ2n) is 9.38. The Morgan fingerprint density at radius 2 is 1.97 bits per heavy atom. The fourth-order valence-corrected chi connectivity index (χ4v) is 5.11. The highest BCUT2D eigenvalue weighted by molar-refractivity contribution is 5.79. The number of anilines is 1. The fourth-order valence-electron chi connectivity index (χ4n) is 5.11. The summed E-state index contributed by atoms with van der Waals surface area (Å²) in [5, 5.41) is 4.83. The standard InChI is InChI=1S/C26H32N6O/c1-19-7-5-8-20(15-19)16-24(33)32-14-6-9-21(17-32)25-22(18-30(2)29-25)23-10-11-27-26(28-23)31-12-3-4-13-31/h5,7-8,10-11,15,18,21H,3-4,6,9,12-14,16-17H2,1-2H3/t21-/m1/s1. The molecule has 7 nitrogen and oxygen atoms in total. The first-order valence-corrected chi connectivity index (χ1v) is 12.0. The molecule has 7 heteroatoms. The van der Waals surface area contributed by atoms with Gasteiger partial charge < -0.3 is 9.80 Å². The van der Waals surface area contributed by atoms with Gasteiger partial charge in [0.2, 0.25) is 11.9 Å². The summed E-state index contributed by atoms with van der Waals surface area (Å²) in [5.41, 5.74) is 5.28. The number of hydrogen-bond donors (Lipinski definition) is 0. The molecule has 0 radical (unpaired) electrons. The average Bonchev–Trinajstić information content (AvgIpc) is 3.49. The molecular weight excluding hydrogens is 412 g/mol. The van der Waals surface area contributed by atoms with Crippen LogP contribution in [0.15, 0.2) is 42.7 Å². The zero-order valence-corrected chi connectivity index (χ0v) is 19.6. The van der Waals surface area contributed by atoms with E-state index in [1.54, 1.807) is 0 Å². The van der Waals surface area contributed by atoms with E-state index in [0.29, 0.717) is 13.0 Å². The van der Waals surface area contributed by atoms with Crippen molar-refractivity contribution in [1.29, 1.82) is 0 Å². The number of piperidine rings is 1. The van der Waals surface area contributed by atoms with E-state index in [1.807, 2.05) is 41.0 Å². The number of aromatic nitrogens is 4. The smallest absolute Gasteiger partial charge is 0.227 e. The van der Waals surface area contributed by atoms with Crippen LogP contribution in [0, 0.1) is 6.92 Å². The third-order valence-corrected chi connectivity index (χ3v) is 6.76. The van der Waals surface area contributed by atoms with Crippen LogP contribution in [0.5, 0.6) is 0 Å². The Balaban J connectivity index is 1.36. The van der Waals surface area contributed by atoms with Crippen molar-refractivity contribution in [3.8, 4) is 11.3 Å². The van der Waals surface area contributed by atoms with Gasteiger partial charge in [0.1, 0.15) is 0 Å². The Kier molecular flexibility index (Phi) is 6.11. The van der Waals surface area contributed by atoms with Gasteiger partial charge in [0.15, 0.2) is 0 Å². The van der Waals surface area contributed by atoms with E-state index in [0.717, 1.165) is 60.9 Å². The molecule has 1 aromatic carbocycles. The molecule has 0 unspecified atom stereocenters. The van der Waals surface area contributed by atoms with Gasteiger partial charge in [-0.05, 0) is 44.2 Å². The van der Waals surface area contributed by atoms with Gasteiger partial charge in [-0.3, -0.25) is 9.48 Å². The number of amides is 1. The van der Waals surface area contributed by atoms with Crippen LogP contribution in [0.1, 0.15) is 48.4 Å². The zero-order chi connectivity index (χ0) is 22.8. The summed E-state index contributed by atoms with van der Waals surface area (Å²) in [6.45, 7) is 5.62. The molecule has 2 aromatic heterocycles. The van der Waals surface area contributed by atoms with Crippen LogP contribution in [0.25, 0.3) is 11.3 Å². The number of likely N-dealkylation sites (tertiary alicyclic amines) is 1. The number of aryl methyl sites for hydroxylation is 2. The lowest BCUT2D eigenvalue weighted by Gasteiger charge is -2.32. The lowest BCUT2D eigenvalue weighted by atomic mass is 9.91. The van der Waals surface area contributed by atoms with Crippen molar-refractivity contribution in [2.24, 2.45) is 7.05 Å². The maximum atomic E-state index is 13.1. The molecule has 0 bridgehead atoms. The Bertz CT molecular complexity index is 1130. The molecule has 2 fully saturated rings. The van der Waals surface area contributed by atoms with Gasteiger partial charge >= 0.3 is 0 Å². The van der Waals surface area contributed by atoms with Crippen molar-refractivity contribution in [3.05, 3.63) is 59.5 Å². The highest BCUT2D eigenvalue weighted by Crippen LogP contribution is 2.33. The van der Waals surface area contributed by atoms with Crippen LogP contribution < -0.4 is 4.90 Å². The molecular formula is C26H32N6O. The highest BCUT2D eigenvalue weighted by Gasteiger charge is 2.29. The van der Waals surface area contributed by atoms with Crippen molar-refractivity contribution in [2.75, 3.05) is 31.1 Å². The van der Waals surface area contributed by atoms with Gasteiger partial charge in [-0.1, -0.05) is 29.8 Å². The molecule has 0 spiro atoms. The Labute approximate surface area is 195 Å². The van der Waals surface area contributed by atoms with E-state index < -0.39 is 0 Å². The monoisotopic (exact) mass is 444 g/mol. The maximum Gasteiger partial charge on any atom is 0.227 e. The van der Waals surface area contributed by atoms with Crippen LogP contribution in [0.4, 0.5) is 5.95 Å². The minimum absolute atomic E-state index is 0.195. The van der Waals surface area contributed by atoms with Crippen molar-refractivity contribution in [1.82, 2.24) is 24.6 Å². The van der Waals surface area contributed by atoms with Gasteiger partial charge in [-0.25, -0.2) is 9.97 Å². The summed E-state index contributed by atoms with van der Waals surface area (Å²) in [6.07, 6.45) is 8.77. The molecule has 1 atom stereocenters. The van der Waals surface area contributed by atoms with E-state index in [-0.39, 0.29) is 11.8 Å². The van der Waals surface area contributed by atoms with Crippen LogP contribution in [0.2, 0.25) is 0 Å². The van der Waals surface area contributed by atoms with E-state index in [4.69, 9.17) is 10.1 Å². The first-order valence-electron chi connectivity index (χ1n) is 12.0. The lowest BCUT2D eigenvalue weighted by Crippen LogP contribution is -2.40. The largest absolute Gasteiger partial charge is 0.342 e. The minimum atomic E-state index is 0.195. The number of benzene rings is 1. The van der Waals surface area contributed by atoms with Gasteiger partial charge in [0, 0.05) is 57.1 Å². The molecule has 4 heterocycles. The summed E-state index contributed by atoms with van der Waals surface area (Å²) in [5.74, 6) is 1.21. The molecule has 172 valence electrons. The molecule has 0 saturated carbocycles. The van der Waals surface area contributed by atoms with Crippen molar-refractivity contribution in [3.63, 3.8) is 0 Å². The molecule has 33 heavy (non-hydrogen) atoms. The number of carbonyl (C=O) groups is 1. The average molecular weight is 445 g/mol. The second kappa shape index (κ2) is 9.33. The predicted molar refractivity (Wildman–Crippen MR) is 129 cm³/mol. The fraction of sp³-hybridized carbons (Fsp3) is 0.462. The highest BCUT2D eigenvalue weighted by atomic mass is 16.2. The summed E-state index contributed by atoms with van der Waals surface area (Å²) in [7, 11) is 1.96. The summed E-state index contributed by atoms with van der Waals surface area (Å²) >= 11 is 0. The molecule has 1 amide bonds. The predicted octanol–water partition coefficient (Wildman–Crippen LogP) is 3.73. The first-order chi connectivity index (χ1) is 16.1. The van der Waals surface area contributed by atoms with Gasteiger partial charge in [-0.15, -0.1) is 0 Å². The molecule has 5 rings (SSSR count). The molecule has 2 saturated heterocycles. The van der Waals surface area contributed by atoms with Gasteiger partial charge in [-0.2, -0.15) is 5.10 Å². The second-order valence-corrected chi connectivity index (χ2v) is 9.38. The SMILES string of the molecule is Cc1cccc(CC(=O)N2CCC[C@@H](c3nn(C)cc3-c3ccnc(N4CCCC4)n3)C2)c1. The quantitative estimate of drug-likeness (QED) is 0.600. The zero-order valence-electron chi connectivity index (χ0n) is 19.6. The van der Waals surface area contributed by atoms with Gasteiger partial charge in [0.05, 0.1) is 17.8 Å². The van der Waals surface area contributed by atoms with E-state index in [9.17, 15) is 4.79 Å². The lowest BCUT2D eigenvalue weighted by molar-refractivity contribution is -0.131. The van der Waals surface area contributed by atoms with Crippen LogP contribution in [0.3, 0.4) is 0 Å². The normalized spacial score (nSPS) is 18.7. The van der Waals surface area contributed by atoms with Crippen molar-refractivity contribution < 1.29 is 4.79 Å². The molecule has 0 N–H and O–H groups in total. The Morgan fingerprint density at radius 3 is 2.79 bits per heavy atom. The van der Waals surface area contributed by atoms with Crippen molar-refractivity contribution in [2.45, 2.75) is 44.9 Å². The Morgan fingerprint density at radius 1 is 1.12 bits per heavy atom. The third-order valence-electron chi connectivity index (χ3n) is 6.76. The number of hydrogen-bond acceptors (Lipinski definition) is 5. The summed E-state index contributed by atoms with van der Waals surface area (Å²) < 4.78 is 1.87. The van der Waals surface area contributed by atoms with Gasteiger partial charge in [0.25, 0.3) is 0 Å². The Hall–Kier alpha value is -3.22. The first kappa shape index (κ1) is 21.6. The van der Waals surface area contributed by atoms with E-state index in [1.165, 1.54) is 18.4 Å². The third kappa shape index (κ3) is 4.77.